The minimum absolute atomic E-state index is 0.0903. The first-order chi connectivity index (χ1) is 8.74. The third kappa shape index (κ3) is 4.12. The Morgan fingerprint density at radius 1 is 1.42 bits per heavy atom. The van der Waals surface area contributed by atoms with Crippen LogP contribution in [0.5, 0.6) is 5.75 Å². The van der Waals surface area contributed by atoms with E-state index >= 15 is 0 Å². The summed E-state index contributed by atoms with van der Waals surface area (Å²) in [6, 6.07) is 2.15. The van der Waals surface area contributed by atoms with Crippen molar-refractivity contribution in [3.8, 4) is 5.75 Å². The van der Waals surface area contributed by atoms with E-state index in [4.69, 9.17) is 0 Å². The molecule has 0 aliphatic carbocycles. The zero-order chi connectivity index (χ0) is 14.6. The van der Waals surface area contributed by atoms with Gasteiger partial charge in [0.1, 0.15) is 11.3 Å². The maximum absolute atomic E-state index is 12.1. The Morgan fingerprint density at radius 3 is 2.53 bits per heavy atom. The van der Waals surface area contributed by atoms with E-state index in [9.17, 15) is 28.1 Å². The van der Waals surface area contributed by atoms with Crippen LogP contribution in [0.4, 0.5) is 18.9 Å². The molecule has 0 spiro atoms. The number of halogens is 3. The van der Waals surface area contributed by atoms with Crippen LogP contribution in [0, 0.1) is 10.1 Å². The normalized spacial score (nSPS) is 10.9. The Bertz CT molecular complexity index is 500. The number of alkyl halides is 3. The van der Waals surface area contributed by atoms with E-state index in [1.807, 2.05) is 0 Å². The summed E-state index contributed by atoms with van der Waals surface area (Å²) in [6.07, 6.45) is -5.02. The molecule has 1 aromatic rings. The van der Waals surface area contributed by atoms with Gasteiger partial charge in [0.15, 0.2) is 0 Å². The van der Waals surface area contributed by atoms with Gasteiger partial charge in [-0.15, -0.1) is 13.2 Å². The molecule has 0 aromatic heterocycles. The van der Waals surface area contributed by atoms with Gasteiger partial charge in [-0.05, 0) is 13.0 Å². The molecule has 9 heteroatoms. The number of ether oxygens (including phenoxy) is 2. The lowest BCUT2D eigenvalue weighted by Crippen LogP contribution is -2.19. The van der Waals surface area contributed by atoms with E-state index < -0.39 is 34.3 Å². The lowest BCUT2D eigenvalue weighted by atomic mass is 10.2. The van der Waals surface area contributed by atoms with E-state index in [2.05, 4.69) is 9.47 Å². The van der Waals surface area contributed by atoms with Crippen molar-refractivity contribution < 1.29 is 32.4 Å². The molecule has 0 atom stereocenters. The fourth-order valence-corrected chi connectivity index (χ4v) is 1.21. The summed E-state index contributed by atoms with van der Waals surface area (Å²) in [4.78, 5) is 21.1. The first-order valence-electron chi connectivity index (χ1n) is 4.96. The highest BCUT2D eigenvalue weighted by Crippen LogP contribution is 2.29. The number of non-ortho nitro benzene ring substituents is 1. The average Bonchev–Trinajstić information content (AvgIpc) is 2.27. The monoisotopic (exact) mass is 279 g/mol. The number of nitrogens with zero attached hydrogens (tertiary/aromatic N) is 1. The molecule has 0 saturated carbocycles. The molecule has 0 saturated heterocycles. The molecule has 0 bridgehead atoms. The number of hydrogen-bond acceptors (Lipinski definition) is 5. The molecule has 0 N–H and O–H groups in total. The number of esters is 1. The van der Waals surface area contributed by atoms with Gasteiger partial charge in [0, 0.05) is 12.1 Å². The van der Waals surface area contributed by atoms with E-state index in [-0.39, 0.29) is 6.61 Å². The molecule has 0 aliphatic rings. The summed E-state index contributed by atoms with van der Waals surface area (Å²) in [7, 11) is 0. The molecular formula is C10H8F3NO5. The number of nitro benzene ring substituents is 1. The van der Waals surface area contributed by atoms with E-state index in [1.54, 1.807) is 0 Å². The van der Waals surface area contributed by atoms with Gasteiger partial charge in [-0.1, -0.05) is 0 Å². The lowest BCUT2D eigenvalue weighted by molar-refractivity contribution is -0.385. The quantitative estimate of drug-likeness (QED) is 0.481. The van der Waals surface area contributed by atoms with Crippen LogP contribution in [0.15, 0.2) is 18.2 Å². The Balaban J connectivity index is 3.22. The van der Waals surface area contributed by atoms with Crippen LogP contribution in [-0.2, 0) is 4.74 Å². The van der Waals surface area contributed by atoms with Crippen molar-refractivity contribution >= 4 is 11.7 Å². The SMILES string of the molecule is CCOC(=O)c1cc([N+](=O)[O-])ccc1OC(F)(F)F. The van der Waals surface area contributed by atoms with Gasteiger partial charge in [0.05, 0.1) is 11.5 Å². The predicted molar refractivity (Wildman–Crippen MR) is 55.7 cm³/mol. The molecule has 0 unspecified atom stereocenters. The summed E-state index contributed by atoms with van der Waals surface area (Å²) in [6.45, 7) is 1.35. The van der Waals surface area contributed by atoms with Crippen LogP contribution in [0.25, 0.3) is 0 Å². The predicted octanol–water partition coefficient (Wildman–Crippen LogP) is 2.67. The molecular weight excluding hydrogens is 271 g/mol. The van der Waals surface area contributed by atoms with Gasteiger partial charge in [-0.2, -0.15) is 0 Å². The zero-order valence-electron chi connectivity index (χ0n) is 9.56. The van der Waals surface area contributed by atoms with Crippen LogP contribution in [0.3, 0.4) is 0 Å². The third-order valence-electron chi connectivity index (χ3n) is 1.89. The van der Waals surface area contributed by atoms with Gasteiger partial charge in [-0.25, -0.2) is 4.79 Å². The first kappa shape index (κ1) is 14.7. The molecule has 0 amide bonds. The highest BCUT2D eigenvalue weighted by molar-refractivity contribution is 5.93. The Morgan fingerprint density at radius 2 is 2.05 bits per heavy atom. The summed E-state index contributed by atoms with van der Waals surface area (Å²) in [5.74, 6) is -1.98. The number of nitro groups is 1. The van der Waals surface area contributed by atoms with Crippen molar-refractivity contribution in [2.75, 3.05) is 6.61 Å². The summed E-state index contributed by atoms with van der Waals surface area (Å²) in [5, 5.41) is 10.5. The molecule has 104 valence electrons. The van der Waals surface area contributed by atoms with E-state index in [0.717, 1.165) is 6.07 Å². The fourth-order valence-electron chi connectivity index (χ4n) is 1.21. The van der Waals surface area contributed by atoms with E-state index in [1.165, 1.54) is 6.92 Å². The number of carbonyl (C=O) groups is 1. The molecule has 0 aliphatic heterocycles. The number of rotatable bonds is 4. The smallest absolute Gasteiger partial charge is 0.462 e. The Kier molecular flexibility index (Phi) is 4.30. The average molecular weight is 279 g/mol. The minimum Gasteiger partial charge on any atom is -0.462 e. The second kappa shape index (κ2) is 5.55. The molecule has 0 heterocycles. The fraction of sp³-hybridized carbons (Fsp3) is 0.300. The standard InChI is InChI=1S/C10H8F3NO5/c1-2-18-9(15)7-5-6(14(16)17)3-4-8(7)19-10(11,12)13/h3-5H,2H2,1H3. The van der Waals surface area contributed by atoms with Gasteiger partial charge in [0.2, 0.25) is 0 Å². The van der Waals surface area contributed by atoms with Crippen molar-refractivity contribution in [2.24, 2.45) is 0 Å². The zero-order valence-corrected chi connectivity index (χ0v) is 9.56. The third-order valence-corrected chi connectivity index (χ3v) is 1.89. The second-order valence-corrected chi connectivity index (χ2v) is 3.21. The Hall–Kier alpha value is -2.32. The lowest BCUT2D eigenvalue weighted by Gasteiger charge is -2.12. The molecule has 19 heavy (non-hydrogen) atoms. The maximum atomic E-state index is 12.1. The number of carbonyl (C=O) groups excluding carboxylic acids is 1. The molecule has 0 fully saturated rings. The highest BCUT2D eigenvalue weighted by Gasteiger charge is 2.33. The Labute approximate surface area is 104 Å². The largest absolute Gasteiger partial charge is 0.573 e. The van der Waals surface area contributed by atoms with Crippen LogP contribution in [0.2, 0.25) is 0 Å². The van der Waals surface area contributed by atoms with Gasteiger partial charge in [-0.3, -0.25) is 10.1 Å². The van der Waals surface area contributed by atoms with E-state index in [0.29, 0.717) is 12.1 Å². The maximum Gasteiger partial charge on any atom is 0.573 e. The minimum atomic E-state index is -5.02. The van der Waals surface area contributed by atoms with Gasteiger partial charge < -0.3 is 9.47 Å². The summed E-state index contributed by atoms with van der Waals surface area (Å²) in [5.41, 5.74) is -1.20. The molecule has 0 radical (unpaired) electrons. The molecule has 1 rings (SSSR count). The van der Waals surface area contributed by atoms with Crippen molar-refractivity contribution in [3.05, 3.63) is 33.9 Å². The number of hydrogen-bond donors (Lipinski definition) is 0. The van der Waals surface area contributed by atoms with Crippen LogP contribution in [-0.4, -0.2) is 23.9 Å². The van der Waals surface area contributed by atoms with Crippen molar-refractivity contribution in [1.29, 1.82) is 0 Å². The van der Waals surface area contributed by atoms with Crippen LogP contribution < -0.4 is 4.74 Å². The summed E-state index contributed by atoms with van der Waals surface area (Å²) >= 11 is 0. The first-order valence-corrected chi connectivity index (χ1v) is 4.96. The molecule has 6 nitrogen and oxygen atoms in total. The van der Waals surface area contributed by atoms with Crippen molar-refractivity contribution in [2.45, 2.75) is 13.3 Å². The van der Waals surface area contributed by atoms with Gasteiger partial charge in [0.25, 0.3) is 5.69 Å². The van der Waals surface area contributed by atoms with Crippen LogP contribution in [0.1, 0.15) is 17.3 Å². The summed E-state index contributed by atoms with van der Waals surface area (Å²) < 4.78 is 44.5. The number of benzene rings is 1. The highest BCUT2D eigenvalue weighted by atomic mass is 19.4. The second-order valence-electron chi connectivity index (χ2n) is 3.21. The van der Waals surface area contributed by atoms with Crippen LogP contribution >= 0.6 is 0 Å². The van der Waals surface area contributed by atoms with Crippen molar-refractivity contribution in [3.63, 3.8) is 0 Å². The van der Waals surface area contributed by atoms with Crippen molar-refractivity contribution in [1.82, 2.24) is 0 Å². The topological polar surface area (TPSA) is 78.7 Å². The van der Waals surface area contributed by atoms with Gasteiger partial charge >= 0.3 is 12.3 Å². The molecule has 1 aromatic carbocycles.